The maximum Gasteiger partial charge on any atom is 0.239 e. The first kappa shape index (κ1) is 18.3. The molecule has 2 aliphatic rings. The number of nitrogens with zero attached hydrogens (tertiary/aromatic N) is 3. The van der Waals surface area contributed by atoms with Crippen LogP contribution in [-0.4, -0.2) is 46.3 Å². The van der Waals surface area contributed by atoms with Crippen molar-refractivity contribution in [3.63, 3.8) is 0 Å². The Labute approximate surface area is 138 Å². The first-order valence-corrected chi connectivity index (χ1v) is 7.32. The molecular formula is C14H24Cl2N4O. The first-order valence-electron chi connectivity index (χ1n) is 7.32. The van der Waals surface area contributed by atoms with Gasteiger partial charge in [0, 0.05) is 32.0 Å². The predicted molar refractivity (Wildman–Crippen MR) is 87.1 cm³/mol. The molecule has 2 saturated heterocycles. The lowest BCUT2D eigenvalue weighted by Crippen LogP contribution is -2.47. The van der Waals surface area contributed by atoms with Crippen molar-refractivity contribution in [3.05, 3.63) is 18.5 Å². The number of rotatable bonds is 3. The molecule has 7 heteroatoms. The van der Waals surface area contributed by atoms with Crippen LogP contribution in [0, 0.1) is 5.92 Å². The minimum atomic E-state index is 0. The zero-order valence-electron chi connectivity index (χ0n) is 12.1. The summed E-state index contributed by atoms with van der Waals surface area (Å²) in [6.07, 6.45) is 8.17. The number of nitrogens with one attached hydrogen (secondary N) is 1. The van der Waals surface area contributed by atoms with Crippen molar-refractivity contribution in [3.8, 4) is 0 Å². The van der Waals surface area contributed by atoms with Crippen LogP contribution in [0.1, 0.15) is 25.7 Å². The van der Waals surface area contributed by atoms with E-state index >= 15 is 0 Å². The van der Waals surface area contributed by atoms with E-state index in [4.69, 9.17) is 0 Å². The van der Waals surface area contributed by atoms with Gasteiger partial charge in [0.15, 0.2) is 0 Å². The number of carbonyl (C=O) groups is 1. The molecule has 1 aromatic rings. The molecule has 120 valence electrons. The second-order valence-corrected chi connectivity index (χ2v) is 5.65. The van der Waals surface area contributed by atoms with E-state index in [9.17, 15) is 4.79 Å². The van der Waals surface area contributed by atoms with Gasteiger partial charge in [0.1, 0.15) is 0 Å². The number of amides is 1. The lowest BCUT2D eigenvalue weighted by molar-refractivity contribution is -0.134. The van der Waals surface area contributed by atoms with E-state index in [0.29, 0.717) is 11.8 Å². The maximum absolute atomic E-state index is 12.3. The van der Waals surface area contributed by atoms with Crippen LogP contribution < -0.4 is 5.32 Å². The van der Waals surface area contributed by atoms with Gasteiger partial charge in [0.25, 0.3) is 0 Å². The van der Waals surface area contributed by atoms with E-state index in [2.05, 4.69) is 10.4 Å². The molecule has 1 N–H and O–H groups in total. The molecule has 1 amide bonds. The number of carbonyl (C=O) groups excluding carboxylic acids is 1. The Bertz CT molecular complexity index is 413. The lowest BCUT2D eigenvalue weighted by Gasteiger charge is -2.33. The van der Waals surface area contributed by atoms with Gasteiger partial charge >= 0.3 is 0 Å². The molecule has 0 aromatic carbocycles. The fraction of sp³-hybridized carbons (Fsp3) is 0.714. The van der Waals surface area contributed by atoms with Gasteiger partial charge in [-0.3, -0.25) is 9.48 Å². The van der Waals surface area contributed by atoms with Crippen molar-refractivity contribution in [2.24, 2.45) is 5.92 Å². The molecule has 0 spiro atoms. The number of piperidine rings is 1. The van der Waals surface area contributed by atoms with Crippen LogP contribution in [0.25, 0.3) is 0 Å². The highest BCUT2D eigenvalue weighted by atomic mass is 35.5. The zero-order valence-corrected chi connectivity index (χ0v) is 13.7. The molecular weight excluding hydrogens is 311 g/mol. The van der Waals surface area contributed by atoms with E-state index in [1.165, 1.54) is 0 Å². The minimum Gasteiger partial charge on any atom is -0.341 e. The van der Waals surface area contributed by atoms with Gasteiger partial charge in [0.05, 0.1) is 6.04 Å². The molecule has 0 bridgehead atoms. The zero-order chi connectivity index (χ0) is 13.1. The van der Waals surface area contributed by atoms with Crippen LogP contribution in [0.4, 0.5) is 0 Å². The van der Waals surface area contributed by atoms with Crippen LogP contribution in [0.5, 0.6) is 0 Å². The third kappa shape index (κ3) is 4.59. The molecule has 3 rings (SSSR count). The van der Waals surface area contributed by atoms with E-state index in [-0.39, 0.29) is 30.9 Å². The number of likely N-dealkylation sites (tertiary alicyclic amines) is 1. The second kappa shape index (κ2) is 8.61. The quantitative estimate of drug-likeness (QED) is 0.915. The van der Waals surface area contributed by atoms with Crippen LogP contribution in [0.15, 0.2) is 18.5 Å². The number of hydrogen-bond donors (Lipinski definition) is 1. The molecule has 1 aromatic heterocycles. The maximum atomic E-state index is 12.3. The Morgan fingerprint density at radius 3 is 2.57 bits per heavy atom. The molecule has 3 heterocycles. The van der Waals surface area contributed by atoms with Crippen molar-refractivity contribution in [2.75, 3.05) is 19.6 Å². The predicted octanol–water partition coefficient (Wildman–Crippen LogP) is 1.72. The van der Waals surface area contributed by atoms with Gasteiger partial charge < -0.3 is 10.2 Å². The van der Waals surface area contributed by atoms with Crippen molar-refractivity contribution in [1.82, 2.24) is 20.0 Å². The Hall–Kier alpha value is -0.780. The van der Waals surface area contributed by atoms with Gasteiger partial charge in [-0.15, -0.1) is 24.8 Å². The molecule has 21 heavy (non-hydrogen) atoms. The molecule has 2 fully saturated rings. The number of halogens is 2. The molecule has 0 aliphatic carbocycles. The highest BCUT2D eigenvalue weighted by Crippen LogP contribution is 2.20. The van der Waals surface area contributed by atoms with Gasteiger partial charge in [-0.2, -0.15) is 5.10 Å². The Balaban J connectivity index is 0.00000110. The third-order valence-electron chi connectivity index (χ3n) is 4.29. The summed E-state index contributed by atoms with van der Waals surface area (Å²) in [6, 6.07) is 2.05. The summed E-state index contributed by atoms with van der Waals surface area (Å²) in [5.41, 5.74) is 0. The van der Waals surface area contributed by atoms with Crippen LogP contribution >= 0.6 is 24.8 Å². The van der Waals surface area contributed by atoms with Crippen molar-refractivity contribution in [2.45, 2.75) is 38.3 Å². The molecule has 5 nitrogen and oxygen atoms in total. The summed E-state index contributed by atoms with van der Waals surface area (Å²) in [6.45, 7) is 3.79. The summed E-state index contributed by atoms with van der Waals surface area (Å²) < 4.78 is 2.00. The summed E-state index contributed by atoms with van der Waals surface area (Å²) in [7, 11) is 0. The lowest BCUT2D eigenvalue weighted by atomic mass is 9.96. The summed E-state index contributed by atoms with van der Waals surface area (Å²) in [4.78, 5) is 14.3. The Morgan fingerprint density at radius 2 is 2.00 bits per heavy atom. The van der Waals surface area contributed by atoms with Gasteiger partial charge in [-0.1, -0.05) is 0 Å². The largest absolute Gasteiger partial charge is 0.341 e. The average Bonchev–Trinajstić information content (AvgIpc) is 3.12. The SMILES string of the molecule is Cl.Cl.O=C([C@@H]1CCCN1)N1CCC(Cn2cccn2)CC1. The van der Waals surface area contributed by atoms with Crippen LogP contribution in [0.2, 0.25) is 0 Å². The van der Waals surface area contributed by atoms with E-state index in [1.807, 2.05) is 28.0 Å². The smallest absolute Gasteiger partial charge is 0.239 e. The van der Waals surface area contributed by atoms with Crippen molar-refractivity contribution >= 4 is 30.7 Å². The van der Waals surface area contributed by atoms with E-state index in [0.717, 1.165) is 51.9 Å². The topological polar surface area (TPSA) is 50.2 Å². The minimum absolute atomic E-state index is 0. The normalized spacial score (nSPS) is 22.5. The third-order valence-corrected chi connectivity index (χ3v) is 4.29. The van der Waals surface area contributed by atoms with Crippen molar-refractivity contribution < 1.29 is 4.79 Å². The highest BCUT2D eigenvalue weighted by Gasteiger charge is 2.29. The molecule has 0 unspecified atom stereocenters. The molecule has 1 atom stereocenters. The summed E-state index contributed by atoms with van der Waals surface area (Å²) >= 11 is 0. The standard InChI is InChI=1S/C14H22N4O.2ClH/c19-14(13-3-1-6-15-13)17-9-4-12(5-10-17)11-18-8-2-7-16-18;;/h2,7-8,12-13,15H,1,3-6,9-11H2;2*1H/t13-;;/m0../s1. The Kier molecular flexibility index (Phi) is 7.49. The van der Waals surface area contributed by atoms with E-state index in [1.54, 1.807) is 0 Å². The van der Waals surface area contributed by atoms with Crippen LogP contribution in [-0.2, 0) is 11.3 Å². The molecule has 2 aliphatic heterocycles. The highest BCUT2D eigenvalue weighted by molar-refractivity contribution is 5.85. The fourth-order valence-electron chi connectivity index (χ4n) is 3.12. The fourth-order valence-corrected chi connectivity index (χ4v) is 3.12. The van der Waals surface area contributed by atoms with Gasteiger partial charge in [0.2, 0.25) is 5.91 Å². The Morgan fingerprint density at radius 1 is 1.24 bits per heavy atom. The number of hydrogen-bond acceptors (Lipinski definition) is 3. The number of aromatic nitrogens is 2. The molecule has 0 radical (unpaired) electrons. The van der Waals surface area contributed by atoms with Gasteiger partial charge in [-0.05, 0) is 44.2 Å². The van der Waals surface area contributed by atoms with E-state index < -0.39 is 0 Å². The summed E-state index contributed by atoms with van der Waals surface area (Å²) in [5.74, 6) is 0.968. The first-order chi connectivity index (χ1) is 9.33. The monoisotopic (exact) mass is 334 g/mol. The molecule has 0 saturated carbocycles. The van der Waals surface area contributed by atoms with Crippen molar-refractivity contribution in [1.29, 1.82) is 0 Å². The second-order valence-electron chi connectivity index (χ2n) is 5.65. The summed E-state index contributed by atoms with van der Waals surface area (Å²) in [5, 5.41) is 7.55. The van der Waals surface area contributed by atoms with Gasteiger partial charge in [-0.25, -0.2) is 0 Å². The average molecular weight is 335 g/mol. The van der Waals surface area contributed by atoms with Crippen LogP contribution in [0.3, 0.4) is 0 Å².